The Morgan fingerprint density at radius 2 is 1.88 bits per heavy atom. The Balaban J connectivity index is 1.53. The summed E-state index contributed by atoms with van der Waals surface area (Å²) >= 11 is 0.661. The van der Waals surface area contributed by atoms with Gasteiger partial charge >= 0.3 is 6.18 Å². The highest BCUT2D eigenvalue weighted by Gasteiger charge is 2.35. The van der Waals surface area contributed by atoms with Crippen LogP contribution in [0.15, 0.2) is 42.7 Å². The quantitative estimate of drug-likeness (QED) is 0.270. The van der Waals surface area contributed by atoms with Crippen LogP contribution in [0.1, 0.15) is 42.7 Å². The molecule has 41 heavy (non-hydrogen) atoms. The van der Waals surface area contributed by atoms with Crippen LogP contribution in [0.25, 0.3) is 21.3 Å². The number of amides is 2. The van der Waals surface area contributed by atoms with Crippen LogP contribution < -0.4 is 15.8 Å². The maximum Gasteiger partial charge on any atom is 0.433 e. The van der Waals surface area contributed by atoms with Crippen molar-refractivity contribution in [3.63, 3.8) is 0 Å². The van der Waals surface area contributed by atoms with Crippen LogP contribution in [0, 0.1) is 20.8 Å². The van der Waals surface area contributed by atoms with Gasteiger partial charge in [-0.3, -0.25) is 14.3 Å². The van der Waals surface area contributed by atoms with E-state index >= 15 is 0 Å². The van der Waals surface area contributed by atoms with E-state index in [0.29, 0.717) is 28.3 Å². The van der Waals surface area contributed by atoms with Crippen molar-refractivity contribution in [2.75, 3.05) is 5.32 Å². The molecule has 5 rings (SSSR count). The zero-order chi connectivity index (χ0) is 29.6. The molecule has 0 spiro atoms. The van der Waals surface area contributed by atoms with E-state index in [2.05, 4.69) is 20.5 Å². The SMILES string of the molecule is Cc1ccc(C)c(OCn2ccc(C(=O)Nc3c(C(N)=O)sc4nc(C(F)(F)F)cc(-c5cnn(C)c5C)c34)n2)c1. The highest BCUT2D eigenvalue weighted by atomic mass is 32.1. The molecule has 10 nitrogen and oxygen atoms in total. The molecule has 0 fully saturated rings. The number of carbonyl (C=O) groups excluding carboxylic acids is 2. The van der Waals surface area contributed by atoms with Crippen molar-refractivity contribution >= 4 is 39.1 Å². The summed E-state index contributed by atoms with van der Waals surface area (Å²) in [6, 6.07) is 8.11. The lowest BCUT2D eigenvalue weighted by Crippen LogP contribution is -2.18. The first-order chi connectivity index (χ1) is 19.3. The zero-order valence-corrected chi connectivity index (χ0v) is 23.1. The van der Waals surface area contributed by atoms with Gasteiger partial charge in [-0.05, 0) is 55.7 Å². The van der Waals surface area contributed by atoms with E-state index in [0.717, 1.165) is 17.2 Å². The Morgan fingerprint density at radius 1 is 1.12 bits per heavy atom. The molecule has 4 heterocycles. The first-order valence-corrected chi connectivity index (χ1v) is 13.0. The van der Waals surface area contributed by atoms with Crippen LogP contribution in [0.2, 0.25) is 0 Å². The molecule has 5 aromatic rings. The van der Waals surface area contributed by atoms with E-state index in [1.807, 2.05) is 32.0 Å². The number of pyridine rings is 1. The number of ether oxygens (including phenoxy) is 1. The predicted molar refractivity (Wildman–Crippen MR) is 147 cm³/mol. The van der Waals surface area contributed by atoms with Crippen molar-refractivity contribution in [2.45, 2.75) is 33.7 Å². The van der Waals surface area contributed by atoms with Gasteiger partial charge in [0.25, 0.3) is 11.8 Å². The fourth-order valence-electron chi connectivity index (χ4n) is 4.24. The fraction of sp³-hybridized carbons (Fsp3) is 0.222. The number of anilines is 1. The normalized spacial score (nSPS) is 11.7. The number of rotatable bonds is 7. The molecule has 0 saturated heterocycles. The van der Waals surface area contributed by atoms with Gasteiger partial charge in [0.05, 0.1) is 11.9 Å². The molecule has 0 bridgehead atoms. The number of aryl methyl sites for hydroxylation is 3. The number of nitrogens with two attached hydrogens (primary N) is 1. The van der Waals surface area contributed by atoms with Crippen LogP contribution in [0.5, 0.6) is 5.75 Å². The lowest BCUT2D eigenvalue weighted by molar-refractivity contribution is -0.140. The molecule has 0 atom stereocenters. The zero-order valence-electron chi connectivity index (χ0n) is 22.3. The highest BCUT2D eigenvalue weighted by molar-refractivity contribution is 7.21. The highest BCUT2D eigenvalue weighted by Crippen LogP contribution is 2.44. The van der Waals surface area contributed by atoms with Crippen molar-refractivity contribution < 1.29 is 27.5 Å². The van der Waals surface area contributed by atoms with Crippen molar-refractivity contribution in [2.24, 2.45) is 12.8 Å². The van der Waals surface area contributed by atoms with Gasteiger partial charge in [0.15, 0.2) is 12.4 Å². The number of hydrogen-bond donors (Lipinski definition) is 2. The number of fused-ring (bicyclic) bond motifs is 1. The number of primary amides is 1. The average Bonchev–Trinajstić information content (AvgIpc) is 3.62. The molecule has 4 aromatic heterocycles. The minimum atomic E-state index is -4.76. The van der Waals surface area contributed by atoms with Crippen molar-refractivity contribution in [3.05, 3.63) is 75.8 Å². The van der Waals surface area contributed by atoms with E-state index in [1.54, 1.807) is 20.2 Å². The van der Waals surface area contributed by atoms with Crippen LogP contribution in [0.4, 0.5) is 18.9 Å². The van der Waals surface area contributed by atoms with Crippen molar-refractivity contribution in [1.82, 2.24) is 24.5 Å². The van der Waals surface area contributed by atoms with E-state index in [9.17, 15) is 22.8 Å². The van der Waals surface area contributed by atoms with Crippen molar-refractivity contribution in [3.8, 4) is 16.9 Å². The van der Waals surface area contributed by atoms with Crippen LogP contribution in [-0.4, -0.2) is 36.4 Å². The summed E-state index contributed by atoms with van der Waals surface area (Å²) in [5.41, 5.74) is 7.37. The number of benzene rings is 1. The summed E-state index contributed by atoms with van der Waals surface area (Å²) in [5, 5.41) is 11.2. The first kappa shape index (κ1) is 27.8. The summed E-state index contributed by atoms with van der Waals surface area (Å²) in [5.74, 6) is -0.962. The van der Waals surface area contributed by atoms with Gasteiger partial charge in [-0.15, -0.1) is 11.3 Å². The molecular formula is C27H24F3N7O3S. The first-order valence-electron chi connectivity index (χ1n) is 12.2. The van der Waals surface area contributed by atoms with Crippen molar-refractivity contribution in [1.29, 1.82) is 0 Å². The van der Waals surface area contributed by atoms with Gasteiger partial charge in [0.2, 0.25) is 0 Å². The van der Waals surface area contributed by atoms with Crippen LogP contribution in [0.3, 0.4) is 0 Å². The molecular weight excluding hydrogens is 559 g/mol. The summed E-state index contributed by atoms with van der Waals surface area (Å²) in [7, 11) is 1.65. The Labute approximate surface area is 235 Å². The average molecular weight is 584 g/mol. The predicted octanol–water partition coefficient (Wildman–Crippen LogP) is 5.23. The lowest BCUT2D eigenvalue weighted by Gasteiger charge is -2.12. The second-order valence-corrected chi connectivity index (χ2v) is 10.4. The van der Waals surface area contributed by atoms with E-state index in [4.69, 9.17) is 10.5 Å². The summed E-state index contributed by atoms with van der Waals surface area (Å²) in [6.07, 6.45) is -1.80. The third-order valence-electron chi connectivity index (χ3n) is 6.51. The summed E-state index contributed by atoms with van der Waals surface area (Å²) in [4.78, 5) is 29.1. The minimum absolute atomic E-state index is 0.0108. The van der Waals surface area contributed by atoms with Gasteiger partial charge in [-0.1, -0.05) is 12.1 Å². The molecule has 14 heteroatoms. The van der Waals surface area contributed by atoms with Crippen LogP contribution >= 0.6 is 11.3 Å². The Morgan fingerprint density at radius 3 is 2.54 bits per heavy atom. The number of nitrogens with zero attached hydrogens (tertiary/aromatic N) is 5. The standard InChI is InChI=1S/C27H24F3N7O3S/c1-13-5-6-14(2)19(9-13)40-12-37-8-7-18(35-37)25(39)34-22-21-16(17-11-32-36(4)15(17)3)10-20(27(28,29)30)33-26(21)41-23(22)24(31)38/h5-11H,12H2,1-4H3,(H2,31,38)(H,34,39). The number of carbonyl (C=O) groups is 2. The van der Waals surface area contributed by atoms with Gasteiger partial charge < -0.3 is 15.8 Å². The smallest absolute Gasteiger partial charge is 0.433 e. The molecule has 212 valence electrons. The van der Waals surface area contributed by atoms with Gasteiger partial charge in [0.1, 0.15) is 21.2 Å². The molecule has 0 aliphatic heterocycles. The minimum Gasteiger partial charge on any atom is -0.471 e. The number of alkyl halides is 3. The third kappa shape index (κ3) is 5.37. The Bertz CT molecular complexity index is 1820. The molecule has 3 N–H and O–H groups in total. The largest absolute Gasteiger partial charge is 0.471 e. The number of halogens is 3. The molecule has 0 unspecified atom stereocenters. The maximum atomic E-state index is 13.8. The second kappa shape index (κ2) is 10.4. The number of hydrogen-bond acceptors (Lipinski definition) is 7. The third-order valence-corrected chi connectivity index (χ3v) is 7.61. The van der Waals surface area contributed by atoms with E-state index < -0.39 is 23.7 Å². The number of nitrogens with one attached hydrogen (secondary N) is 1. The van der Waals surface area contributed by atoms with E-state index in [-0.39, 0.29) is 38.8 Å². The second-order valence-electron chi connectivity index (χ2n) is 9.41. The number of thiophene rings is 1. The maximum absolute atomic E-state index is 13.8. The van der Waals surface area contributed by atoms with Gasteiger partial charge in [0, 0.05) is 29.9 Å². The molecule has 0 radical (unpaired) electrons. The molecule has 2 amide bonds. The Hall–Kier alpha value is -4.72. The lowest BCUT2D eigenvalue weighted by atomic mass is 10.0. The number of aromatic nitrogens is 5. The topological polar surface area (TPSA) is 130 Å². The molecule has 0 saturated carbocycles. The Kier molecular flexibility index (Phi) is 7.03. The monoisotopic (exact) mass is 583 g/mol. The van der Waals surface area contributed by atoms with Crippen LogP contribution in [-0.2, 0) is 20.0 Å². The summed E-state index contributed by atoms with van der Waals surface area (Å²) in [6.45, 7) is 5.57. The summed E-state index contributed by atoms with van der Waals surface area (Å²) < 4.78 is 50.1. The van der Waals surface area contributed by atoms with E-state index in [1.165, 1.54) is 21.6 Å². The fourth-order valence-corrected chi connectivity index (χ4v) is 5.25. The molecule has 0 aliphatic carbocycles. The van der Waals surface area contributed by atoms with Gasteiger partial charge in [-0.25, -0.2) is 9.67 Å². The molecule has 0 aliphatic rings. The molecule has 1 aromatic carbocycles. The van der Waals surface area contributed by atoms with Gasteiger partial charge in [-0.2, -0.15) is 23.4 Å².